The van der Waals surface area contributed by atoms with Crippen LogP contribution >= 0.6 is 0 Å². The smallest absolute Gasteiger partial charge is 0.258 e. The zero-order valence-corrected chi connectivity index (χ0v) is 19.8. The Bertz CT molecular complexity index is 1210. The molecule has 1 aromatic heterocycles. The number of hydrogen-bond acceptors (Lipinski definition) is 7. The predicted octanol–water partition coefficient (Wildman–Crippen LogP) is 4.22. The number of β-amino-alcohol motifs (C(OH)–C–C–N with tert-alkyl or cyclic N) is 1. The molecule has 6 rings (SSSR count). The molecule has 1 saturated heterocycles. The van der Waals surface area contributed by atoms with E-state index >= 15 is 0 Å². The van der Waals surface area contributed by atoms with Crippen LogP contribution in [0.3, 0.4) is 0 Å². The molecular formula is C27H31N3O4. The number of aromatic nitrogens is 2. The summed E-state index contributed by atoms with van der Waals surface area (Å²) in [5.41, 5.74) is 4.88. The molecule has 1 N–H and O–H groups in total. The Kier molecular flexibility index (Phi) is 5.34. The molecular weight excluding hydrogens is 430 g/mol. The van der Waals surface area contributed by atoms with Crippen LogP contribution in [0.15, 0.2) is 40.9 Å². The third-order valence-electron chi connectivity index (χ3n) is 7.66. The fourth-order valence-corrected chi connectivity index (χ4v) is 6.02. The number of rotatable bonds is 7. The summed E-state index contributed by atoms with van der Waals surface area (Å²) in [5.74, 6) is 2.49. The van der Waals surface area contributed by atoms with Gasteiger partial charge >= 0.3 is 0 Å². The van der Waals surface area contributed by atoms with Gasteiger partial charge in [-0.05, 0) is 68.9 Å². The van der Waals surface area contributed by atoms with Crippen molar-refractivity contribution in [3.05, 3.63) is 47.5 Å². The summed E-state index contributed by atoms with van der Waals surface area (Å²) in [6, 6.07) is 12.8. The van der Waals surface area contributed by atoms with Gasteiger partial charge in [0, 0.05) is 35.7 Å². The molecule has 2 fully saturated rings. The Morgan fingerprint density at radius 2 is 2.00 bits per heavy atom. The zero-order chi connectivity index (χ0) is 23.3. The summed E-state index contributed by atoms with van der Waals surface area (Å²) in [6.45, 7) is 6.84. The highest BCUT2D eigenvalue weighted by molar-refractivity contribution is 5.68. The standard InChI is InChI=1S/C27H31N3O4/c1-3-32-22-9-8-17(14-23(22)33-4-2)26-28-25(29-34-26)20-6-5-7-21-19(20)10-12-27(21)15-24(27)30-13-11-18(31)16-30/h5-9,14,18,24,31H,3-4,10-13,15-16H2,1-2H3/t18-,24?,27?/m1/s1. The SMILES string of the molecule is CCOc1ccc(-c2nc(-c3cccc4c3CCC43CC3N3CC[C@@H](O)C3)no2)cc1OCC. The van der Waals surface area contributed by atoms with Crippen molar-refractivity contribution in [2.75, 3.05) is 26.3 Å². The van der Waals surface area contributed by atoms with Crippen LogP contribution in [0.4, 0.5) is 0 Å². The first-order valence-corrected chi connectivity index (χ1v) is 12.4. The van der Waals surface area contributed by atoms with Gasteiger partial charge in [0.15, 0.2) is 11.5 Å². The molecule has 2 aliphatic carbocycles. The van der Waals surface area contributed by atoms with Crippen molar-refractivity contribution >= 4 is 0 Å². The highest BCUT2D eigenvalue weighted by atomic mass is 16.5. The second-order valence-electron chi connectivity index (χ2n) is 9.60. The molecule has 2 unspecified atom stereocenters. The predicted molar refractivity (Wildman–Crippen MR) is 128 cm³/mol. The highest BCUT2D eigenvalue weighted by Gasteiger charge is 2.61. The second-order valence-corrected chi connectivity index (χ2v) is 9.60. The van der Waals surface area contributed by atoms with Gasteiger partial charge in [-0.3, -0.25) is 4.90 Å². The van der Waals surface area contributed by atoms with E-state index in [-0.39, 0.29) is 11.5 Å². The van der Waals surface area contributed by atoms with E-state index in [4.69, 9.17) is 19.0 Å². The molecule has 34 heavy (non-hydrogen) atoms. The number of ether oxygens (including phenoxy) is 2. The fraction of sp³-hybridized carbons (Fsp3) is 0.481. The van der Waals surface area contributed by atoms with Crippen molar-refractivity contribution in [2.24, 2.45) is 0 Å². The summed E-state index contributed by atoms with van der Waals surface area (Å²) >= 11 is 0. The fourth-order valence-electron chi connectivity index (χ4n) is 6.02. The maximum Gasteiger partial charge on any atom is 0.258 e. The van der Waals surface area contributed by atoms with Crippen molar-refractivity contribution in [1.82, 2.24) is 15.0 Å². The summed E-state index contributed by atoms with van der Waals surface area (Å²) in [7, 11) is 0. The molecule has 0 bridgehead atoms. The Morgan fingerprint density at radius 3 is 2.79 bits per heavy atom. The van der Waals surface area contributed by atoms with Crippen LogP contribution in [-0.2, 0) is 11.8 Å². The van der Waals surface area contributed by atoms with Crippen LogP contribution in [0.1, 0.15) is 44.2 Å². The number of aliphatic hydroxyl groups excluding tert-OH is 1. The minimum absolute atomic E-state index is 0.173. The summed E-state index contributed by atoms with van der Waals surface area (Å²) in [6.07, 6.45) is 4.08. The van der Waals surface area contributed by atoms with Crippen molar-refractivity contribution in [3.8, 4) is 34.3 Å². The molecule has 1 aliphatic heterocycles. The normalized spacial score (nSPS) is 25.6. The van der Waals surface area contributed by atoms with Crippen molar-refractivity contribution in [1.29, 1.82) is 0 Å². The molecule has 2 aromatic carbocycles. The van der Waals surface area contributed by atoms with Crippen LogP contribution in [0.2, 0.25) is 0 Å². The molecule has 7 heteroatoms. The van der Waals surface area contributed by atoms with Gasteiger partial charge in [0.05, 0.1) is 19.3 Å². The van der Waals surface area contributed by atoms with Gasteiger partial charge in [-0.25, -0.2) is 0 Å². The lowest BCUT2D eigenvalue weighted by molar-refractivity contribution is 0.171. The number of hydrogen-bond donors (Lipinski definition) is 1. The average Bonchev–Trinajstić information content (AvgIpc) is 3.19. The Labute approximate surface area is 199 Å². The maximum absolute atomic E-state index is 10.00. The minimum Gasteiger partial charge on any atom is -0.490 e. The van der Waals surface area contributed by atoms with E-state index in [0.717, 1.165) is 43.5 Å². The number of likely N-dealkylation sites (tertiary alicyclic amines) is 1. The second kappa shape index (κ2) is 8.40. The van der Waals surface area contributed by atoms with Gasteiger partial charge in [-0.15, -0.1) is 0 Å². The lowest BCUT2D eigenvalue weighted by Gasteiger charge is -2.20. The largest absolute Gasteiger partial charge is 0.490 e. The van der Waals surface area contributed by atoms with Crippen LogP contribution in [0.5, 0.6) is 11.5 Å². The van der Waals surface area contributed by atoms with Gasteiger partial charge < -0.3 is 19.1 Å². The van der Waals surface area contributed by atoms with Gasteiger partial charge in [0.2, 0.25) is 5.82 Å². The van der Waals surface area contributed by atoms with Crippen molar-refractivity contribution in [2.45, 2.75) is 57.1 Å². The molecule has 1 spiro atoms. The van der Waals surface area contributed by atoms with Crippen LogP contribution in [-0.4, -0.2) is 58.6 Å². The number of nitrogens with zero attached hydrogens (tertiary/aromatic N) is 3. The van der Waals surface area contributed by atoms with E-state index in [9.17, 15) is 5.11 Å². The van der Waals surface area contributed by atoms with E-state index in [1.54, 1.807) is 0 Å². The molecule has 7 nitrogen and oxygen atoms in total. The minimum atomic E-state index is -0.173. The summed E-state index contributed by atoms with van der Waals surface area (Å²) < 4.78 is 17.1. The quantitative estimate of drug-likeness (QED) is 0.564. The number of aliphatic hydroxyl groups is 1. The third kappa shape index (κ3) is 3.49. The first kappa shape index (κ1) is 21.6. The van der Waals surface area contributed by atoms with Crippen LogP contribution in [0.25, 0.3) is 22.8 Å². The first-order valence-electron chi connectivity index (χ1n) is 12.4. The third-order valence-corrected chi connectivity index (χ3v) is 7.66. The van der Waals surface area contributed by atoms with E-state index in [0.29, 0.717) is 42.5 Å². The van der Waals surface area contributed by atoms with Gasteiger partial charge in [-0.2, -0.15) is 4.98 Å². The molecule has 2 heterocycles. The Balaban J connectivity index is 1.29. The summed E-state index contributed by atoms with van der Waals surface area (Å²) in [4.78, 5) is 7.25. The molecule has 3 atom stereocenters. The van der Waals surface area contributed by atoms with Gasteiger partial charge in [0.25, 0.3) is 5.89 Å². The maximum atomic E-state index is 10.00. The Morgan fingerprint density at radius 1 is 1.15 bits per heavy atom. The lowest BCUT2D eigenvalue weighted by Crippen LogP contribution is -2.29. The van der Waals surface area contributed by atoms with E-state index in [1.165, 1.54) is 17.5 Å². The van der Waals surface area contributed by atoms with E-state index in [2.05, 4.69) is 28.3 Å². The number of benzene rings is 2. The van der Waals surface area contributed by atoms with Crippen LogP contribution in [0, 0.1) is 0 Å². The summed E-state index contributed by atoms with van der Waals surface area (Å²) in [5, 5.41) is 14.3. The average molecular weight is 462 g/mol. The van der Waals surface area contributed by atoms with Crippen LogP contribution < -0.4 is 9.47 Å². The van der Waals surface area contributed by atoms with Gasteiger partial charge in [0.1, 0.15) is 0 Å². The molecule has 3 aromatic rings. The molecule has 0 radical (unpaired) electrons. The highest BCUT2D eigenvalue weighted by Crippen LogP contribution is 2.60. The van der Waals surface area contributed by atoms with Crippen molar-refractivity contribution < 1.29 is 19.1 Å². The van der Waals surface area contributed by atoms with E-state index in [1.807, 2.05) is 32.0 Å². The lowest BCUT2D eigenvalue weighted by atomic mass is 9.95. The zero-order valence-electron chi connectivity index (χ0n) is 19.8. The first-order chi connectivity index (χ1) is 16.6. The Hall–Kier alpha value is -2.90. The van der Waals surface area contributed by atoms with E-state index < -0.39 is 0 Å². The monoisotopic (exact) mass is 461 g/mol. The molecule has 0 amide bonds. The van der Waals surface area contributed by atoms with Gasteiger partial charge in [-0.1, -0.05) is 23.4 Å². The molecule has 3 aliphatic rings. The number of fused-ring (bicyclic) bond motifs is 2. The van der Waals surface area contributed by atoms with Crippen molar-refractivity contribution in [3.63, 3.8) is 0 Å². The topological polar surface area (TPSA) is 80.9 Å². The molecule has 1 saturated carbocycles. The molecule has 178 valence electrons.